The van der Waals surface area contributed by atoms with Gasteiger partial charge in [0.2, 0.25) is 5.91 Å². The molecule has 0 fully saturated rings. The van der Waals surface area contributed by atoms with Gasteiger partial charge in [-0.2, -0.15) is 0 Å². The van der Waals surface area contributed by atoms with Crippen LogP contribution in [0.5, 0.6) is 11.5 Å². The summed E-state index contributed by atoms with van der Waals surface area (Å²) in [6.07, 6.45) is 0. The quantitative estimate of drug-likeness (QED) is 0.739. The summed E-state index contributed by atoms with van der Waals surface area (Å²) in [6, 6.07) is 15.6. The lowest BCUT2D eigenvalue weighted by Gasteiger charge is -2.15. The predicted octanol–water partition coefficient (Wildman–Crippen LogP) is 3.82. The maximum atomic E-state index is 12.0. The standard InChI is InChI=1S/C20H25NO3S/c1-15-6-4-5-7-17(15)13-25-14-20(22)21-16(2)12-24-19-10-8-18(23-3)9-11-19/h4-11,16H,12-14H2,1-3H3,(H,21,22)/t16-/m0/s1. The highest BCUT2D eigenvalue weighted by Gasteiger charge is 2.09. The van der Waals surface area contributed by atoms with E-state index < -0.39 is 0 Å². The third kappa shape index (κ3) is 6.70. The Morgan fingerprint density at radius 2 is 1.80 bits per heavy atom. The van der Waals surface area contributed by atoms with Crippen molar-refractivity contribution in [2.45, 2.75) is 25.6 Å². The van der Waals surface area contributed by atoms with Crippen LogP contribution in [-0.2, 0) is 10.5 Å². The van der Waals surface area contributed by atoms with Crippen molar-refractivity contribution < 1.29 is 14.3 Å². The van der Waals surface area contributed by atoms with E-state index in [0.29, 0.717) is 12.4 Å². The van der Waals surface area contributed by atoms with Gasteiger partial charge in [-0.1, -0.05) is 24.3 Å². The van der Waals surface area contributed by atoms with E-state index in [0.717, 1.165) is 17.3 Å². The fraction of sp³-hybridized carbons (Fsp3) is 0.350. The Balaban J connectivity index is 1.66. The first kappa shape index (κ1) is 19.2. The number of ether oxygens (including phenoxy) is 2. The molecule has 4 nitrogen and oxygen atoms in total. The van der Waals surface area contributed by atoms with Crippen molar-refractivity contribution in [2.75, 3.05) is 19.5 Å². The van der Waals surface area contributed by atoms with Crippen LogP contribution in [0.3, 0.4) is 0 Å². The van der Waals surface area contributed by atoms with Crippen molar-refractivity contribution in [3.8, 4) is 11.5 Å². The molecule has 0 aliphatic rings. The Morgan fingerprint density at radius 3 is 2.48 bits per heavy atom. The fourth-order valence-electron chi connectivity index (χ4n) is 2.28. The number of aryl methyl sites for hydroxylation is 1. The second-order valence-corrected chi connectivity index (χ2v) is 6.86. The van der Waals surface area contributed by atoms with Crippen LogP contribution in [0.15, 0.2) is 48.5 Å². The molecule has 0 heterocycles. The van der Waals surface area contributed by atoms with Gasteiger partial charge in [-0.05, 0) is 49.2 Å². The average molecular weight is 359 g/mol. The Morgan fingerprint density at radius 1 is 1.12 bits per heavy atom. The molecule has 0 unspecified atom stereocenters. The van der Waals surface area contributed by atoms with E-state index in [-0.39, 0.29) is 11.9 Å². The number of hydrogen-bond donors (Lipinski definition) is 1. The minimum Gasteiger partial charge on any atom is -0.497 e. The third-order valence-corrected chi connectivity index (χ3v) is 4.70. The Bertz CT molecular complexity index is 673. The van der Waals surface area contributed by atoms with Gasteiger partial charge in [0.25, 0.3) is 0 Å². The Hall–Kier alpha value is -2.14. The summed E-state index contributed by atoms with van der Waals surface area (Å²) in [5.41, 5.74) is 2.54. The molecular formula is C20H25NO3S. The van der Waals surface area contributed by atoms with Crippen LogP contribution < -0.4 is 14.8 Å². The van der Waals surface area contributed by atoms with Crippen LogP contribution in [0.4, 0.5) is 0 Å². The molecular weight excluding hydrogens is 334 g/mol. The van der Waals surface area contributed by atoms with Gasteiger partial charge in [0.05, 0.1) is 18.9 Å². The molecule has 0 saturated carbocycles. The molecule has 0 aliphatic heterocycles. The summed E-state index contributed by atoms with van der Waals surface area (Å²) in [5.74, 6) is 2.87. The topological polar surface area (TPSA) is 47.6 Å². The number of thioether (sulfide) groups is 1. The molecule has 2 rings (SSSR count). The smallest absolute Gasteiger partial charge is 0.230 e. The van der Waals surface area contributed by atoms with Crippen molar-refractivity contribution in [3.63, 3.8) is 0 Å². The van der Waals surface area contributed by atoms with Gasteiger partial charge in [-0.15, -0.1) is 11.8 Å². The highest BCUT2D eigenvalue weighted by Crippen LogP contribution is 2.17. The monoisotopic (exact) mass is 359 g/mol. The van der Waals surface area contributed by atoms with E-state index in [1.54, 1.807) is 18.9 Å². The van der Waals surface area contributed by atoms with Gasteiger partial charge in [0, 0.05) is 5.75 Å². The molecule has 1 atom stereocenters. The summed E-state index contributed by atoms with van der Waals surface area (Å²) in [4.78, 5) is 12.0. The summed E-state index contributed by atoms with van der Waals surface area (Å²) in [5, 5.41) is 2.96. The summed E-state index contributed by atoms with van der Waals surface area (Å²) >= 11 is 1.62. The summed E-state index contributed by atoms with van der Waals surface area (Å²) in [7, 11) is 1.63. The number of amides is 1. The molecule has 5 heteroatoms. The molecule has 0 aromatic heterocycles. The predicted molar refractivity (Wildman–Crippen MR) is 103 cm³/mol. The van der Waals surface area contributed by atoms with Crippen molar-refractivity contribution in [1.29, 1.82) is 0 Å². The molecule has 0 saturated heterocycles. The SMILES string of the molecule is COc1ccc(OC[C@H](C)NC(=O)CSCc2ccccc2C)cc1. The van der Waals surface area contributed by atoms with Gasteiger partial charge in [0.15, 0.2) is 0 Å². The van der Waals surface area contributed by atoms with Crippen LogP contribution in [-0.4, -0.2) is 31.4 Å². The van der Waals surface area contributed by atoms with Gasteiger partial charge >= 0.3 is 0 Å². The van der Waals surface area contributed by atoms with Crippen LogP contribution in [0.25, 0.3) is 0 Å². The highest BCUT2D eigenvalue weighted by molar-refractivity contribution is 7.99. The number of hydrogen-bond acceptors (Lipinski definition) is 4. The number of methoxy groups -OCH3 is 1. The first-order chi connectivity index (χ1) is 12.1. The third-order valence-electron chi connectivity index (χ3n) is 3.72. The zero-order valence-electron chi connectivity index (χ0n) is 15.0. The normalized spacial score (nSPS) is 11.6. The van der Waals surface area contributed by atoms with Gasteiger partial charge in [0.1, 0.15) is 18.1 Å². The number of carbonyl (C=O) groups is 1. The number of benzene rings is 2. The average Bonchev–Trinajstić information content (AvgIpc) is 2.62. The zero-order valence-corrected chi connectivity index (χ0v) is 15.8. The minimum absolute atomic E-state index is 0.0319. The second-order valence-electron chi connectivity index (χ2n) is 5.87. The van der Waals surface area contributed by atoms with E-state index in [2.05, 4.69) is 24.4 Å². The minimum atomic E-state index is -0.0475. The molecule has 0 bridgehead atoms. The van der Waals surface area contributed by atoms with Crippen molar-refractivity contribution in [1.82, 2.24) is 5.32 Å². The maximum absolute atomic E-state index is 12.0. The largest absolute Gasteiger partial charge is 0.497 e. The fourth-order valence-corrected chi connectivity index (χ4v) is 3.19. The first-order valence-electron chi connectivity index (χ1n) is 8.27. The first-order valence-corrected chi connectivity index (χ1v) is 9.42. The van der Waals surface area contributed by atoms with Gasteiger partial charge in [-0.3, -0.25) is 4.79 Å². The second kappa shape index (κ2) is 9.99. The van der Waals surface area contributed by atoms with E-state index >= 15 is 0 Å². The Labute approximate surface area is 153 Å². The number of nitrogens with one attached hydrogen (secondary N) is 1. The molecule has 1 amide bonds. The molecule has 1 N–H and O–H groups in total. The van der Waals surface area contributed by atoms with E-state index in [1.165, 1.54) is 11.1 Å². The van der Waals surface area contributed by atoms with Gasteiger partial charge < -0.3 is 14.8 Å². The molecule has 0 aliphatic carbocycles. The van der Waals surface area contributed by atoms with Crippen LogP contribution in [0, 0.1) is 6.92 Å². The van der Waals surface area contributed by atoms with Crippen molar-refractivity contribution in [3.05, 3.63) is 59.7 Å². The summed E-state index contributed by atoms with van der Waals surface area (Å²) < 4.78 is 10.8. The lowest BCUT2D eigenvalue weighted by molar-refractivity contribution is -0.119. The number of rotatable bonds is 9. The molecule has 134 valence electrons. The van der Waals surface area contributed by atoms with E-state index in [9.17, 15) is 4.79 Å². The molecule has 0 radical (unpaired) electrons. The lowest BCUT2D eigenvalue weighted by atomic mass is 10.1. The lowest BCUT2D eigenvalue weighted by Crippen LogP contribution is -2.37. The molecule has 2 aromatic rings. The zero-order chi connectivity index (χ0) is 18.1. The maximum Gasteiger partial charge on any atom is 0.230 e. The van der Waals surface area contributed by atoms with Crippen LogP contribution >= 0.6 is 11.8 Å². The van der Waals surface area contributed by atoms with Crippen molar-refractivity contribution >= 4 is 17.7 Å². The van der Waals surface area contributed by atoms with Crippen molar-refractivity contribution in [2.24, 2.45) is 0 Å². The molecule has 2 aromatic carbocycles. The molecule has 25 heavy (non-hydrogen) atoms. The molecule has 0 spiro atoms. The van der Waals surface area contributed by atoms with Crippen LogP contribution in [0.2, 0.25) is 0 Å². The highest BCUT2D eigenvalue weighted by atomic mass is 32.2. The van der Waals surface area contributed by atoms with Crippen LogP contribution in [0.1, 0.15) is 18.1 Å². The number of carbonyl (C=O) groups excluding carboxylic acids is 1. The van der Waals surface area contributed by atoms with Gasteiger partial charge in [-0.25, -0.2) is 0 Å². The summed E-state index contributed by atoms with van der Waals surface area (Å²) in [6.45, 7) is 4.46. The van der Waals surface area contributed by atoms with E-state index in [1.807, 2.05) is 43.3 Å². The Kier molecular flexibility index (Phi) is 7.67. The van der Waals surface area contributed by atoms with E-state index in [4.69, 9.17) is 9.47 Å².